The Hall–Kier alpha value is -2.27. The molecule has 0 aromatic heterocycles. The maximum atomic E-state index is 10.9. The number of nitrogens with zero attached hydrogens (tertiary/aromatic N) is 1. The first-order valence-electron chi connectivity index (χ1n) is 6.35. The van der Waals surface area contributed by atoms with Crippen LogP contribution in [0.3, 0.4) is 0 Å². The van der Waals surface area contributed by atoms with Crippen LogP contribution < -0.4 is 5.32 Å². The molecule has 2 rings (SSSR count). The normalized spacial score (nSPS) is 10.4. The molecule has 0 fully saturated rings. The molecule has 0 heterocycles. The summed E-state index contributed by atoms with van der Waals surface area (Å²) >= 11 is 5.90. The summed E-state index contributed by atoms with van der Waals surface area (Å²) in [5, 5.41) is 24.4. The van der Waals surface area contributed by atoms with Crippen molar-refractivity contribution in [1.29, 1.82) is 0 Å². The maximum Gasteiger partial charge on any atom is 0.272 e. The van der Waals surface area contributed by atoms with Gasteiger partial charge < -0.3 is 10.4 Å². The second-order valence-electron chi connectivity index (χ2n) is 4.84. The van der Waals surface area contributed by atoms with E-state index < -0.39 is 4.92 Å². The Kier molecular flexibility index (Phi) is 4.33. The first-order chi connectivity index (χ1) is 9.88. The van der Waals surface area contributed by atoms with Crippen LogP contribution in [0.5, 0.6) is 5.75 Å². The number of aromatic hydroxyl groups is 1. The van der Waals surface area contributed by atoms with Crippen molar-refractivity contribution in [3.8, 4) is 5.75 Å². The lowest BCUT2D eigenvalue weighted by atomic mass is 10.1. The number of nitro groups is 1. The summed E-state index contributed by atoms with van der Waals surface area (Å²) in [5.41, 5.74) is 2.91. The van der Waals surface area contributed by atoms with E-state index in [1.165, 1.54) is 12.1 Å². The molecule has 5 nitrogen and oxygen atoms in total. The first kappa shape index (κ1) is 15.1. The molecule has 0 aliphatic carbocycles. The fourth-order valence-corrected chi connectivity index (χ4v) is 2.27. The molecular formula is C15H15ClN2O3. The predicted octanol–water partition coefficient (Wildman–Crippen LogP) is 4.18. The SMILES string of the molecule is Cc1cc([N+](=O)[O-])c(C)cc1NCc1cc(Cl)ccc1O. The van der Waals surface area contributed by atoms with Crippen LogP contribution in [-0.4, -0.2) is 10.0 Å². The van der Waals surface area contributed by atoms with Gasteiger partial charge in [-0.2, -0.15) is 0 Å². The number of anilines is 1. The molecule has 110 valence electrons. The zero-order valence-electron chi connectivity index (χ0n) is 11.7. The predicted molar refractivity (Wildman–Crippen MR) is 83.0 cm³/mol. The second-order valence-corrected chi connectivity index (χ2v) is 5.27. The van der Waals surface area contributed by atoms with Crippen LogP contribution >= 0.6 is 11.6 Å². The number of nitro benzene ring substituents is 1. The Balaban J connectivity index is 2.22. The number of rotatable bonds is 4. The van der Waals surface area contributed by atoms with Gasteiger partial charge in [-0.1, -0.05) is 11.6 Å². The van der Waals surface area contributed by atoms with E-state index in [4.69, 9.17) is 11.6 Å². The minimum Gasteiger partial charge on any atom is -0.508 e. The number of hydrogen-bond donors (Lipinski definition) is 2. The maximum absolute atomic E-state index is 10.9. The van der Waals surface area contributed by atoms with Crippen molar-refractivity contribution in [2.24, 2.45) is 0 Å². The van der Waals surface area contributed by atoms with E-state index in [1.807, 2.05) is 0 Å². The molecular weight excluding hydrogens is 292 g/mol. The standard InChI is InChI=1S/C15H15ClN2O3/c1-9-6-14(18(20)21)10(2)5-13(9)17-8-11-7-12(16)3-4-15(11)19/h3-7,17,19H,8H2,1-2H3. The molecule has 0 aliphatic heterocycles. The van der Waals surface area contributed by atoms with Gasteiger partial charge in [0, 0.05) is 34.4 Å². The van der Waals surface area contributed by atoms with Gasteiger partial charge in [0.15, 0.2) is 0 Å². The number of hydrogen-bond acceptors (Lipinski definition) is 4. The fourth-order valence-electron chi connectivity index (χ4n) is 2.07. The van der Waals surface area contributed by atoms with Crippen LogP contribution in [-0.2, 0) is 6.54 Å². The Labute approximate surface area is 127 Å². The average molecular weight is 307 g/mol. The Bertz CT molecular complexity index is 702. The Morgan fingerprint density at radius 1 is 1.24 bits per heavy atom. The number of phenolic OH excluding ortho intramolecular Hbond substituents is 1. The number of phenols is 1. The average Bonchev–Trinajstić information content (AvgIpc) is 2.42. The highest BCUT2D eigenvalue weighted by atomic mass is 35.5. The Morgan fingerprint density at radius 2 is 1.95 bits per heavy atom. The smallest absolute Gasteiger partial charge is 0.272 e. The van der Waals surface area contributed by atoms with Crippen molar-refractivity contribution in [2.45, 2.75) is 20.4 Å². The highest BCUT2D eigenvalue weighted by Gasteiger charge is 2.13. The van der Waals surface area contributed by atoms with Gasteiger partial charge in [0.2, 0.25) is 0 Å². The topological polar surface area (TPSA) is 75.4 Å². The molecule has 0 atom stereocenters. The van der Waals surface area contributed by atoms with Gasteiger partial charge in [0.25, 0.3) is 5.69 Å². The first-order valence-corrected chi connectivity index (χ1v) is 6.73. The zero-order valence-corrected chi connectivity index (χ0v) is 12.4. The van der Waals surface area contributed by atoms with Crippen molar-refractivity contribution in [3.63, 3.8) is 0 Å². The lowest BCUT2D eigenvalue weighted by Gasteiger charge is -2.12. The van der Waals surface area contributed by atoms with Crippen molar-refractivity contribution < 1.29 is 10.0 Å². The van der Waals surface area contributed by atoms with Crippen LogP contribution in [0.25, 0.3) is 0 Å². The molecule has 0 saturated carbocycles. The fraction of sp³-hybridized carbons (Fsp3) is 0.200. The van der Waals surface area contributed by atoms with Gasteiger partial charge in [0.05, 0.1) is 4.92 Å². The summed E-state index contributed by atoms with van der Waals surface area (Å²) in [7, 11) is 0. The van der Waals surface area contributed by atoms with Crippen molar-refractivity contribution in [3.05, 3.63) is 62.2 Å². The van der Waals surface area contributed by atoms with E-state index in [2.05, 4.69) is 5.32 Å². The zero-order chi connectivity index (χ0) is 15.6. The van der Waals surface area contributed by atoms with Crippen molar-refractivity contribution >= 4 is 23.0 Å². The van der Waals surface area contributed by atoms with Crippen molar-refractivity contribution in [2.75, 3.05) is 5.32 Å². The number of halogens is 1. The highest BCUT2D eigenvalue weighted by molar-refractivity contribution is 6.30. The summed E-state index contributed by atoms with van der Waals surface area (Å²) < 4.78 is 0. The summed E-state index contributed by atoms with van der Waals surface area (Å²) in [6.07, 6.45) is 0. The van der Waals surface area contributed by atoms with Crippen molar-refractivity contribution in [1.82, 2.24) is 0 Å². The molecule has 21 heavy (non-hydrogen) atoms. The van der Waals surface area contributed by atoms with Crippen LogP contribution in [0.4, 0.5) is 11.4 Å². The lowest BCUT2D eigenvalue weighted by molar-refractivity contribution is -0.385. The van der Waals surface area contributed by atoms with E-state index in [9.17, 15) is 15.2 Å². The molecule has 6 heteroatoms. The van der Waals surface area contributed by atoms with Gasteiger partial charge >= 0.3 is 0 Å². The van der Waals surface area contributed by atoms with Crippen LogP contribution in [0.15, 0.2) is 30.3 Å². The van der Waals surface area contributed by atoms with Crippen LogP contribution in [0, 0.1) is 24.0 Å². The molecule has 0 bridgehead atoms. The second kappa shape index (κ2) is 6.01. The number of aryl methyl sites for hydroxylation is 2. The molecule has 0 radical (unpaired) electrons. The number of benzene rings is 2. The van der Waals surface area contributed by atoms with Gasteiger partial charge in [-0.25, -0.2) is 0 Å². The minimum atomic E-state index is -0.394. The van der Waals surface area contributed by atoms with E-state index >= 15 is 0 Å². The quantitative estimate of drug-likeness (QED) is 0.656. The molecule has 2 aromatic carbocycles. The van der Waals surface area contributed by atoms with E-state index in [1.54, 1.807) is 32.0 Å². The summed E-state index contributed by atoms with van der Waals surface area (Å²) in [4.78, 5) is 10.5. The van der Waals surface area contributed by atoms with E-state index in [0.29, 0.717) is 22.7 Å². The van der Waals surface area contributed by atoms with Crippen LogP contribution in [0.1, 0.15) is 16.7 Å². The Morgan fingerprint density at radius 3 is 2.62 bits per heavy atom. The molecule has 2 N–H and O–H groups in total. The van der Waals surface area contributed by atoms with Gasteiger partial charge in [-0.3, -0.25) is 10.1 Å². The third kappa shape index (κ3) is 3.44. The molecule has 0 spiro atoms. The van der Waals surface area contributed by atoms with Gasteiger partial charge in [-0.05, 0) is 43.7 Å². The molecule has 0 amide bonds. The lowest BCUT2D eigenvalue weighted by Crippen LogP contribution is -2.03. The largest absolute Gasteiger partial charge is 0.508 e. The van der Waals surface area contributed by atoms with Crippen LogP contribution in [0.2, 0.25) is 5.02 Å². The van der Waals surface area contributed by atoms with Gasteiger partial charge in [0.1, 0.15) is 5.75 Å². The summed E-state index contributed by atoms with van der Waals surface area (Å²) in [6, 6.07) is 8.09. The third-order valence-electron chi connectivity index (χ3n) is 3.25. The van der Waals surface area contributed by atoms with E-state index in [-0.39, 0.29) is 11.4 Å². The van der Waals surface area contributed by atoms with E-state index in [0.717, 1.165) is 11.3 Å². The monoisotopic (exact) mass is 306 g/mol. The molecule has 0 aliphatic rings. The minimum absolute atomic E-state index is 0.101. The van der Waals surface area contributed by atoms with Gasteiger partial charge in [-0.15, -0.1) is 0 Å². The summed E-state index contributed by atoms with van der Waals surface area (Å²) in [5.74, 6) is 0.156. The third-order valence-corrected chi connectivity index (χ3v) is 3.49. The molecule has 0 unspecified atom stereocenters. The summed E-state index contributed by atoms with van der Waals surface area (Å²) in [6.45, 7) is 3.87. The highest BCUT2D eigenvalue weighted by Crippen LogP contribution is 2.27. The molecule has 2 aromatic rings. The molecule has 0 saturated heterocycles. The number of nitrogens with one attached hydrogen (secondary N) is 1.